The van der Waals surface area contributed by atoms with E-state index in [1.54, 1.807) is 12.1 Å². The van der Waals surface area contributed by atoms with E-state index in [1.165, 1.54) is 35.4 Å². The maximum Gasteiger partial charge on any atom is 0.198 e. The molecule has 0 amide bonds. The first-order valence-electron chi connectivity index (χ1n) is 8.00. The fourth-order valence-corrected chi connectivity index (χ4v) is 4.11. The molecule has 8 heteroatoms. The highest BCUT2D eigenvalue weighted by atomic mass is 32.2. The van der Waals surface area contributed by atoms with Crippen LogP contribution in [0.5, 0.6) is 0 Å². The average Bonchev–Trinajstić information content (AvgIpc) is 3.30. The number of nitrogens with zero attached hydrogens (tertiary/aromatic N) is 5. The van der Waals surface area contributed by atoms with Crippen LogP contribution in [0.15, 0.2) is 64.1 Å². The van der Waals surface area contributed by atoms with E-state index in [4.69, 9.17) is 0 Å². The Morgan fingerprint density at radius 3 is 2.50 bits per heavy atom. The van der Waals surface area contributed by atoms with Gasteiger partial charge in [-0.15, -0.1) is 10.2 Å². The topological polar surface area (TPSA) is 56.5 Å². The molecule has 2 heterocycles. The SMILES string of the molecule is CCn1c(Sc2nc(-c3ccccc3)ns2)nnc1-c1ccc(F)cc1. The first-order valence-corrected chi connectivity index (χ1v) is 9.59. The van der Waals surface area contributed by atoms with E-state index in [-0.39, 0.29) is 5.82 Å². The Morgan fingerprint density at radius 1 is 1.00 bits per heavy atom. The third-order valence-corrected chi connectivity index (χ3v) is 5.49. The van der Waals surface area contributed by atoms with Gasteiger partial charge in [-0.25, -0.2) is 9.37 Å². The molecular weight excluding hydrogens is 369 g/mol. The lowest BCUT2D eigenvalue weighted by atomic mass is 10.2. The summed E-state index contributed by atoms with van der Waals surface area (Å²) in [5.41, 5.74) is 1.81. The third kappa shape index (κ3) is 3.38. The normalized spacial score (nSPS) is 11.0. The lowest BCUT2D eigenvalue weighted by Crippen LogP contribution is -1.99. The van der Waals surface area contributed by atoms with Crippen LogP contribution in [-0.2, 0) is 6.54 Å². The van der Waals surface area contributed by atoms with Gasteiger partial charge in [-0.2, -0.15) is 4.37 Å². The second-order valence-corrected chi connectivity index (χ2v) is 7.38. The molecular formula is C18H14FN5S2. The molecule has 2 aromatic heterocycles. The Labute approximate surface area is 158 Å². The Kier molecular flexibility index (Phi) is 4.77. The van der Waals surface area contributed by atoms with Crippen molar-refractivity contribution in [3.05, 3.63) is 60.4 Å². The molecule has 0 saturated heterocycles. The molecule has 0 saturated carbocycles. The van der Waals surface area contributed by atoms with Crippen molar-refractivity contribution in [1.29, 1.82) is 0 Å². The molecule has 0 unspecified atom stereocenters. The van der Waals surface area contributed by atoms with E-state index in [0.29, 0.717) is 18.2 Å². The van der Waals surface area contributed by atoms with Crippen molar-refractivity contribution >= 4 is 23.3 Å². The molecule has 0 fully saturated rings. The van der Waals surface area contributed by atoms with E-state index >= 15 is 0 Å². The Hall–Kier alpha value is -2.58. The van der Waals surface area contributed by atoms with Gasteiger partial charge in [0.1, 0.15) is 5.82 Å². The first kappa shape index (κ1) is 16.9. The molecule has 130 valence electrons. The lowest BCUT2D eigenvalue weighted by molar-refractivity contribution is 0.627. The summed E-state index contributed by atoms with van der Waals surface area (Å²) in [6.45, 7) is 2.72. The van der Waals surface area contributed by atoms with Crippen molar-refractivity contribution in [3.63, 3.8) is 0 Å². The third-order valence-electron chi connectivity index (χ3n) is 3.75. The van der Waals surface area contributed by atoms with Gasteiger partial charge < -0.3 is 4.57 Å². The van der Waals surface area contributed by atoms with E-state index < -0.39 is 0 Å². The molecule has 5 nitrogen and oxygen atoms in total. The highest BCUT2D eigenvalue weighted by Crippen LogP contribution is 2.32. The van der Waals surface area contributed by atoms with Crippen LogP contribution in [0.3, 0.4) is 0 Å². The number of benzene rings is 2. The van der Waals surface area contributed by atoms with Crippen molar-refractivity contribution in [2.75, 3.05) is 0 Å². The van der Waals surface area contributed by atoms with Crippen LogP contribution in [0.1, 0.15) is 6.92 Å². The van der Waals surface area contributed by atoms with Gasteiger partial charge in [0, 0.05) is 17.7 Å². The minimum absolute atomic E-state index is 0.270. The Bertz CT molecular complexity index is 1010. The summed E-state index contributed by atoms with van der Waals surface area (Å²) >= 11 is 2.77. The fraction of sp³-hybridized carbons (Fsp3) is 0.111. The fourth-order valence-electron chi connectivity index (χ4n) is 2.50. The monoisotopic (exact) mass is 383 g/mol. The summed E-state index contributed by atoms with van der Waals surface area (Å²) in [7, 11) is 0. The summed E-state index contributed by atoms with van der Waals surface area (Å²) in [4.78, 5) is 4.58. The van der Waals surface area contributed by atoms with Crippen LogP contribution in [0.25, 0.3) is 22.8 Å². The number of hydrogen-bond donors (Lipinski definition) is 0. The molecule has 4 aromatic rings. The average molecular weight is 383 g/mol. The maximum absolute atomic E-state index is 13.2. The van der Waals surface area contributed by atoms with Gasteiger partial charge in [-0.1, -0.05) is 30.3 Å². The molecule has 0 bridgehead atoms. The largest absolute Gasteiger partial charge is 0.302 e. The second kappa shape index (κ2) is 7.35. The highest BCUT2D eigenvalue weighted by Gasteiger charge is 2.16. The molecule has 0 spiro atoms. The zero-order valence-corrected chi connectivity index (χ0v) is 15.5. The lowest BCUT2D eigenvalue weighted by Gasteiger charge is -2.06. The molecule has 4 rings (SSSR count). The minimum Gasteiger partial charge on any atom is -0.302 e. The van der Waals surface area contributed by atoms with Crippen LogP contribution in [-0.4, -0.2) is 24.1 Å². The van der Waals surface area contributed by atoms with Crippen LogP contribution in [0.4, 0.5) is 4.39 Å². The van der Waals surface area contributed by atoms with Gasteiger partial charge in [0.05, 0.1) is 0 Å². The second-order valence-electron chi connectivity index (χ2n) is 5.41. The van der Waals surface area contributed by atoms with Crippen LogP contribution in [0, 0.1) is 5.82 Å². The summed E-state index contributed by atoms with van der Waals surface area (Å²) in [6.07, 6.45) is 0. The van der Waals surface area contributed by atoms with E-state index in [0.717, 1.165) is 20.6 Å². The maximum atomic E-state index is 13.2. The quantitative estimate of drug-likeness (QED) is 0.497. The van der Waals surface area contributed by atoms with E-state index in [9.17, 15) is 4.39 Å². The predicted octanol–water partition coefficient (Wildman–Crippen LogP) is 4.77. The smallest absolute Gasteiger partial charge is 0.198 e. The minimum atomic E-state index is -0.270. The number of aromatic nitrogens is 5. The summed E-state index contributed by atoms with van der Waals surface area (Å²) in [6, 6.07) is 16.1. The zero-order valence-electron chi connectivity index (χ0n) is 13.8. The van der Waals surface area contributed by atoms with Gasteiger partial charge in [0.25, 0.3) is 0 Å². The summed E-state index contributed by atoms with van der Waals surface area (Å²) in [5.74, 6) is 1.15. The molecule has 0 N–H and O–H groups in total. The Balaban J connectivity index is 1.61. The number of hydrogen-bond acceptors (Lipinski definition) is 6. The molecule has 0 aliphatic carbocycles. The highest BCUT2D eigenvalue weighted by molar-refractivity contribution is 8.00. The summed E-state index contributed by atoms with van der Waals surface area (Å²) < 4.78 is 20.4. The zero-order chi connectivity index (χ0) is 17.9. The van der Waals surface area contributed by atoms with Gasteiger partial charge >= 0.3 is 0 Å². The first-order chi connectivity index (χ1) is 12.7. The Morgan fingerprint density at radius 2 is 1.77 bits per heavy atom. The molecule has 26 heavy (non-hydrogen) atoms. The van der Waals surface area contributed by atoms with Crippen LogP contribution in [0.2, 0.25) is 0 Å². The molecule has 0 atom stereocenters. The molecule has 0 aliphatic rings. The van der Waals surface area contributed by atoms with Crippen molar-refractivity contribution in [2.45, 2.75) is 23.0 Å². The van der Waals surface area contributed by atoms with Gasteiger partial charge in [-0.05, 0) is 54.5 Å². The van der Waals surface area contributed by atoms with E-state index in [2.05, 4.69) is 19.6 Å². The van der Waals surface area contributed by atoms with Crippen molar-refractivity contribution in [2.24, 2.45) is 0 Å². The van der Waals surface area contributed by atoms with Gasteiger partial charge in [-0.3, -0.25) is 0 Å². The van der Waals surface area contributed by atoms with Crippen molar-refractivity contribution < 1.29 is 4.39 Å². The van der Waals surface area contributed by atoms with Gasteiger partial charge in [0.15, 0.2) is 21.1 Å². The van der Waals surface area contributed by atoms with Crippen LogP contribution >= 0.6 is 23.3 Å². The van der Waals surface area contributed by atoms with E-state index in [1.807, 2.05) is 41.8 Å². The molecule has 0 aliphatic heterocycles. The predicted molar refractivity (Wildman–Crippen MR) is 101 cm³/mol. The molecule has 0 radical (unpaired) electrons. The summed E-state index contributed by atoms with van der Waals surface area (Å²) in [5, 5.41) is 9.30. The standard InChI is InChI=1S/C18H14FN5S2/c1-2-24-16(13-8-10-14(19)11-9-13)21-22-17(24)25-18-20-15(23-26-18)12-6-4-3-5-7-12/h3-11H,2H2,1H3. The number of rotatable bonds is 5. The number of halogens is 1. The van der Waals surface area contributed by atoms with Crippen molar-refractivity contribution in [1.82, 2.24) is 24.1 Å². The van der Waals surface area contributed by atoms with Crippen molar-refractivity contribution in [3.8, 4) is 22.8 Å². The van der Waals surface area contributed by atoms with Crippen LogP contribution < -0.4 is 0 Å². The van der Waals surface area contributed by atoms with Gasteiger partial charge in [0.2, 0.25) is 0 Å². The molecule has 2 aromatic carbocycles.